The van der Waals surface area contributed by atoms with Crippen LogP contribution in [0.5, 0.6) is 0 Å². The second-order valence-corrected chi connectivity index (χ2v) is 3.95. The molecule has 1 aliphatic heterocycles. The highest BCUT2D eigenvalue weighted by molar-refractivity contribution is 5.69. The van der Waals surface area contributed by atoms with Crippen LogP contribution in [-0.4, -0.2) is 45.8 Å². The number of rotatable bonds is 3. The molecule has 0 spiro atoms. The molecule has 3 heterocycles. The van der Waals surface area contributed by atoms with Gasteiger partial charge in [-0.15, -0.1) is 0 Å². The van der Waals surface area contributed by atoms with E-state index in [9.17, 15) is 0 Å². The quantitative estimate of drug-likeness (QED) is 0.800. The van der Waals surface area contributed by atoms with Gasteiger partial charge in [-0.2, -0.15) is 0 Å². The number of hydrogen-bond acceptors (Lipinski definition) is 6. The molecule has 0 atom stereocenters. The largest absolute Gasteiger partial charge is 0.330 e. The summed E-state index contributed by atoms with van der Waals surface area (Å²) in [7, 11) is 0. The standard InChI is InChI=1S/C11H14N4O3/c1-2-16-11-17-4-8(5-18-11)15-7-14-9-3-12-6-13-10(9)15/h3,6-8,11H,2,4-5H2,1H3. The minimum atomic E-state index is -0.560. The highest BCUT2D eigenvalue weighted by atomic mass is 16.8. The molecule has 7 nitrogen and oxygen atoms in total. The average molecular weight is 250 g/mol. The van der Waals surface area contributed by atoms with Gasteiger partial charge in [0.2, 0.25) is 0 Å². The predicted molar refractivity (Wildman–Crippen MR) is 61.7 cm³/mol. The topological polar surface area (TPSA) is 71.3 Å². The van der Waals surface area contributed by atoms with E-state index in [1.165, 1.54) is 6.33 Å². The lowest BCUT2D eigenvalue weighted by Crippen LogP contribution is -2.35. The van der Waals surface area contributed by atoms with Gasteiger partial charge < -0.3 is 18.8 Å². The first kappa shape index (κ1) is 11.5. The van der Waals surface area contributed by atoms with Crippen LogP contribution in [-0.2, 0) is 14.2 Å². The summed E-state index contributed by atoms with van der Waals surface area (Å²) >= 11 is 0. The fourth-order valence-corrected chi connectivity index (χ4v) is 1.92. The molecule has 0 aromatic carbocycles. The highest BCUT2D eigenvalue weighted by Gasteiger charge is 2.25. The van der Waals surface area contributed by atoms with Crippen LogP contribution < -0.4 is 0 Å². The van der Waals surface area contributed by atoms with Gasteiger partial charge in [-0.25, -0.2) is 15.0 Å². The van der Waals surface area contributed by atoms with E-state index in [-0.39, 0.29) is 6.04 Å². The Morgan fingerprint density at radius 3 is 3.00 bits per heavy atom. The van der Waals surface area contributed by atoms with Crippen molar-refractivity contribution in [3.63, 3.8) is 0 Å². The van der Waals surface area contributed by atoms with Gasteiger partial charge in [0.15, 0.2) is 5.65 Å². The maximum Gasteiger partial charge on any atom is 0.271 e. The van der Waals surface area contributed by atoms with Gasteiger partial charge in [0.05, 0.1) is 31.8 Å². The van der Waals surface area contributed by atoms with Crippen molar-refractivity contribution in [2.24, 2.45) is 0 Å². The fourth-order valence-electron chi connectivity index (χ4n) is 1.92. The van der Waals surface area contributed by atoms with Crippen LogP contribution in [0.4, 0.5) is 0 Å². The third kappa shape index (κ3) is 2.07. The SMILES string of the molecule is CCOC1OCC(n2cnc3cncnc32)CO1. The Bertz CT molecular complexity index is 522. The van der Waals surface area contributed by atoms with Crippen LogP contribution in [0.25, 0.3) is 11.2 Å². The molecule has 96 valence electrons. The van der Waals surface area contributed by atoms with Gasteiger partial charge >= 0.3 is 0 Å². The lowest BCUT2D eigenvalue weighted by Gasteiger charge is -2.29. The third-order valence-electron chi connectivity index (χ3n) is 2.78. The van der Waals surface area contributed by atoms with Crippen LogP contribution in [0.3, 0.4) is 0 Å². The first-order valence-corrected chi connectivity index (χ1v) is 5.86. The highest BCUT2D eigenvalue weighted by Crippen LogP contribution is 2.20. The van der Waals surface area contributed by atoms with Crippen molar-refractivity contribution in [1.29, 1.82) is 0 Å². The second kappa shape index (κ2) is 4.97. The summed E-state index contributed by atoms with van der Waals surface area (Å²) in [6.45, 7) is 2.94. The van der Waals surface area contributed by atoms with Gasteiger partial charge in [0.25, 0.3) is 6.48 Å². The molecule has 0 radical (unpaired) electrons. The monoisotopic (exact) mass is 250 g/mol. The number of fused-ring (bicyclic) bond motifs is 1. The molecule has 3 rings (SSSR count). The van der Waals surface area contributed by atoms with Crippen molar-refractivity contribution in [2.45, 2.75) is 19.4 Å². The number of aromatic nitrogens is 4. The molecule has 0 aliphatic carbocycles. The first-order valence-electron chi connectivity index (χ1n) is 5.86. The van der Waals surface area contributed by atoms with Crippen LogP contribution in [0.2, 0.25) is 0 Å². The Morgan fingerprint density at radius 1 is 1.39 bits per heavy atom. The molecule has 2 aromatic rings. The van der Waals surface area contributed by atoms with Crippen molar-refractivity contribution < 1.29 is 14.2 Å². The van der Waals surface area contributed by atoms with Crippen molar-refractivity contribution in [2.75, 3.05) is 19.8 Å². The predicted octanol–water partition coefficient (Wildman–Crippen LogP) is 0.734. The molecular weight excluding hydrogens is 236 g/mol. The van der Waals surface area contributed by atoms with Gasteiger partial charge in [0, 0.05) is 6.61 Å². The zero-order chi connectivity index (χ0) is 12.4. The van der Waals surface area contributed by atoms with E-state index in [2.05, 4.69) is 15.0 Å². The molecule has 1 saturated heterocycles. The molecule has 18 heavy (non-hydrogen) atoms. The summed E-state index contributed by atoms with van der Waals surface area (Å²) in [5.74, 6) is 0. The Balaban J connectivity index is 1.76. The summed E-state index contributed by atoms with van der Waals surface area (Å²) in [6, 6.07) is 0.0570. The van der Waals surface area contributed by atoms with E-state index in [0.717, 1.165) is 11.2 Å². The Labute approximate surface area is 104 Å². The molecule has 0 unspecified atom stereocenters. The average Bonchev–Trinajstić information content (AvgIpc) is 2.84. The van der Waals surface area contributed by atoms with E-state index < -0.39 is 6.48 Å². The van der Waals surface area contributed by atoms with E-state index in [1.54, 1.807) is 12.5 Å². The van der Waals surface area contributed by atoms with E-state index in [1.807, 2.05) is 11.5 Å². The summed E-state index contributed by atoms with van der Waals surface area (Å²) in [5, 5.41) is 0. The summed E-state index contributed by atoms with van der Waals surface area (Å²) in [5.41, 5.74) is 1.56. The Hall–Kier alpha value is -1.57. The van der Waals surface area contributed by atoms with Gasteiger partial charge in [-0.05, 0) is 6.92 Å². The number of ether oxygens (including phenoxy) is 3. The number of nitrogens with zero attached hydrogens (tertiary/aromatic N) is 4. The summed E-state index contributed by atoms with van der Waals surface area (Å²) in [4.78, 5) is 12.4. The number of imidazole rings is 1. The molecule has 2 aromatic heterocycles. The van der Waals surface area contributed by atoms with E-state index >= 15 is 0 Å². The molecule has 0 saturated carbocycles. The Kier molecular flexibility index (Phi) is 3.18. The van der Waals surface area contributed by atoms with Gasteiger partial charge in [-0.1, -0.05) is 0 Å². The fraction of sp³-hybridized carbons (Fsp3) is 0.545. The first-order chi connectivity index (χ1) is 8.88. The van der Waals surface area contributed by atoms with Crippen LogP contribution in [0.15, 0.2) is 18.9 Å². The lowest BCUT2D eigenvalue weighted by molar-refractivity contribution is -0.317. The maximum atomic E-state index is 5.47. The lowest BCUT2D eigenvalue weighted by atomic mass is 10.3. The zero-order valence-corrected chi connectivity index (χ0v) is 10.0. The second-order valence-electron chi connectivity index (χ2n) is 3.95. The molecule has 1 fully saturated rings. The zero-order valence-electron chi connectivity index (χ0n) is 10.0. The van der Waals surface area contributed by atoms with E-state index in [4.69, 9.17) is 14.2 Å². The minimum absolute atomic E-state index is 0.0570. The molecule has 1 aliphatic rings. The maximum absolute atomic E-state index is 5.47. The van der Waals surface area contributed by atoms with Crippen molar-refractivity contribution >= 4 is 11.2 Å². The molecular formula is C11H14N4O3. The molecule has 0 amide bonds. The smallest absolute Gasteiger partial charge is 0.271 e. The molecule has 0 N–H and O–H groups in total. The van der Waals surface area contributed by atoms with Crippen molar-refractivity contribution in [3.8, 4) is 0 Å². The summed E-state index contributed by atoms with van der Waals surface area (Å²) < 4.78 is 18.1. The van der Waals surface area contributed by atoms with Gasteiger partial charge in [-0.3, -0.25) is 0 Å². The Morgan fingerprint density at radius 2 is 2.22 bits per heavy atom. The van der Waals surface area contributed by atoms with Crippen LogP contribution in [0, 0.1) is 0 Å². The third-order valence-corrected chi connectivity index (χ3v) is 2.78. The van der Waals surface area contributed by atoms with E-state index in [0.29, 0.717) is 19.8 Å². The van der Waals surface area contributed by atoms with Crippen LogP contribution >= 0.6 is 0 Å². The molecule has 0 bridgehead atoms. The van der Waals surface area contributed by atoms with Crippen molar-refractivity contribution in [1.82, 2.24) is 19.5 Å². The number of hydrogen-bond donors (Lipinski definition) is 0. The van der Waals surface area contributed by atoms with Gasteiger partial charge in [0.1, 0.15) is 11.8 Å². The van der Waals surface area contributed by atoms with Crippen molar-refractivity contribution in [3.05, 3.63) is 18.9 Å². The normalized spacial score (nSPS) is 24.5. The van der Waals surface area contributed by atoms with Crippen LogP contribution in [0.1, 0.15) is 13.0 Å². The molecule has 7 heteroatoms. The minimum Gasteiger partial charge on any atom is -0.330 e. The summed E-state index contributed by atoms with van der Waals surface area (Å²) in [6.07, 6.45) is 4.93.